The van der Waals surface area contributed by atoms with Crippen LogP contribution in [-0.2, 0) is 0 Å². The summed E-state index contributed by atoms with van der Waals surface area (Å²) in [7, 11) is 1.58. The molecule has 2 rings (SSSR count). The van der Waals surface area contributed by atoms with Gasteiger partial charge in [-0.1, -0.05) is 0 Å². The van der Waals surface area contributed by atoms with Gasteiger partial charge in [0.05, 0.1) is 18.8 Å². The van der Waals surface area contributed by atoms with Crippen molar-refractivity contribution in [2.24, 2.45) is 0 Å². The lowest BCUT2D eigenvalue weighted by Crippen LogP contribution is -1.88. The highest BCUT2D eigenvalue weighted by molar-refractivity contribution is 9.10. The normalized spacial score (nSPS) is 10.3. The minimum absolute atomic E-state index is 0.615. The number of halogens is 1. The third-order valence-electron chi connectivity index (χ3n) is 2.11. The Bertz CT molecular complexity index is 525. The summed E-state index contributed by atoms with van der Waals surface area (Å²) in [5.41, 5.74) is 1.44. The van der Waals surface area contributed by atoms with Gasteiger partial charge in [-0.25, -0.2) is 0 Å². The highest BCUT2D eigenvalue weighted by Crippen LogP contribution is 2.26. The van der Waals surface area contributed by atoms with E-state index in [0.29, 0.717) is 11.3 Å². The summed E-state index contributed by atoms with van der Waals surface area (Å²) in [5, 5.41) is 0.880. The number of methoxy groups -OCH3 is 1. The molecule has 76 valence electrons. The van der Waals surface area contributed by atoms with Crippen LogP contribution in [0.1, 0.15) is 10.4 Å². The summed E-state index contributed by atoms with van der Waals surface area (Å²) < 4.78 is 5.88. The van der Waals surface area contributed by atoms with Gasteiger partial charge in [0.25, 0.3) is 0 Å². The van der Waals surface area contributed by atoms with E-state index in [1.165, 1.54) is 0 Å². The number of ether oxygens (including phenoxy) is 1. The Hall–Kier alpha value is -1.42. The lowest BCUT2D eigenvalue weighted by molar-refractivity contribution is 0.112. The second-order valence-corrected chi connectivity index (χ2v) is 3.92. The number of fused-ring (bicyclic) bond motifs is 1. The molecule has 0 aliphatic rings. The predicted octanol–water partition coefficient (Wildman–Crippen LogP) is 2.82. The van der Waals surface area contributed by atoms with Crippen molar-refractivity contribution in [1.29, 1.82) is 0 Å². The molecule has 0 aliphatic heterocycles. The van der Waals surface area contributed by atoms with E-state index in [1.807, 2.05) is 6.07 Å². The van der Waals surface area contributed by atoms with Crippen LogP contribution in [0.5, 0.6) is 5.75 Å². The summed E-state index contributed by atoms with van der Waals surface area (Å²) in [6.07, 6.45) is 2.46. The maximum atomic E-state index is 10.7. The first-order valence-corrected chi connectivity index (χ1v) is 5.12. The van der Waals surface area contributed by atoms with Gasteiger partial charge in [0.15, 0.2) is 0 Å². The summed E-state index contributed by atoms with van der Waals surface area (Å²) in [4.78, 5) is 14.9. The molecular formula is C11H8BrNO2. The molecule has 1 aromatic heterocycles. The van der Waals surface area contributed by atoms with Gasteiger partial charge in [-0.2, -0.15) is 0 Å². The molecule has 0 amide bonds. The van der Waals surface area contributed by atoms with Gasteiger partial charge in [0.1, 0.15) is 12.0 Å². The molecule has 0 spiro atoms. The molecule has 4 heteroatoms. The smallest absolute Gasteiger partial charge is 0.150 e. The molecule has 0 bridgehead atoms. The van der Waals surface area contributed by atoms with Crippen molar-refractivity contribution < 1.29 is 9.53 Å². The first kappa shape index (κ1) is 10.1. The van der Waals surface area contributed by atoms with Crippen LogP contribution in [0, 0.1) is 0 Å². The molecule has 1 heterocycles. The van der Waals surface area contributed by atoms with Crippen molar-refractivity contribution in [2.75, 3.05) is 7.11 Å². The quantitative estimate of drug-likeness (QED) is 0.784. The lowest BCUT2D eigenvalue weighted by Gasteiger charge is -2.04. The van der Waals surface area contributed by atoms with Gasteiger partial charge in [-0.15, -0.1) is 0 Å². The average molecular weight is 266 g/mol. The van der Waals surface area contributed by atoms with E-state index in [-0.39, 0.29) is 0 Å². The number of hydrogen-bond acceptors (Lipinski definition) is 3. The number of rotatable bonds is 2. The van der Waals surface area contributed by atoms with Crippen LogP contribution in [0.25, 0.3) is 10.9 Å². The number of benzene rings is 1. The predicted molar refractivity (Wildman–Crippen MR) is 61.4 cm³/mol. The van der Waals surface area contributed by atoms with Gasteiger partial charge in [0, 0.05) is 15.4 Å². The second-order valence-electron chi connectivity index (χ2n) is 3.07. The van der Waals surface area contributed by atoms with Crippen LogP contribution in [0.4, 0.5) is 0 Å². The summed E-state index contributed by atoms with van der Waals surface area (Å²) >= 11 is 3.37. The molecule has 0 radical (unpaired) electrons. The molecule has 1 aromatic carbocycles. The Balaban J connectivity index is 2.74. The molecule has 0 saturated heterocycles. The molecular weight excluding hydrogens is 258 g/mol. The lowest BCUT2D eigenvalue weighted by atomic mass is 10.1. The zero-order chi connectivity index (χ0) is 10.8. The van der Waals surface area contributed by atoms with E-state index in [4.69, 9.17) is 4.74 Å². The second kappa shape index (κ2) is 3.98. The largest absolute Gasteiger partial charge is 0.495 e. The van der Waals surface area contributed by atoms with Crippen LogP contribution in [-0.4, -0.2) is 18.4 Å². The molecule has 3 nitrogen and oxygen atoms in total. The van der Waals surface area contributed by atoms with Gasteiger partial charge in [-0.3, -0.25) is 9.78 Å². The Morgan fingerprint density at radius 2 is 2.20 bits per heavy atom. The summed E-state index contributed by atoms with van der Waals surface area (Å²) in [5.74, 6) is 0.678. The fourth-order valence-corrected chi connectivity index (χ4v) is 1.98. The van der Waals surface area contributed by atoms with Crippen molar-refractivity contribution in [3.05, 3.63) is 34.4 Å². The molecule has 0 unspecified atom stereocenters. The molecule has 0 N–H and O–H groups in total. The third kappa shape index (κ3) is 1.85. The topological polar surface area (TPSA) is 39.2 Å². The first-order valence-electron chi connectivity index (χ1n) is 4.33. The third-order valence-corrected chi connectivity index (χ3v) is 2.71. The van der Waals surface area contributed by atoms with Crippen molar-refractivity contribution >= 4 is 33.1 Å². The summed E-state index contributed by atoms with van der Waals surface area (Å²) in [6, 6.07) is 5.37. The van der Waals surface area contributed by atoms with Gasteiger partial charge < -0.3 is 4.74 Å². The van der Waals surface area contributed by atoms with Crippen LogP contribution < -0.4 is 4.74 Å². The van der Waals surface area contributed by atoms with E-state index in [0.717, 1.165) is 21.7 Å². The van der Waals surface area contributed by atoms with E-state index >= 15 is 0 Å². The SMILES string of the molecule is COc1cnc2c(Br)cc(C=O)cc2c1. The van der Waals surface area contributed by atoms with Crippen molar-refractivity contribution in [3.8, 4) is 5.75 Å². The van der Waals surface area contributed by atoms with E-state index in [2.05, 4.69) is 20.9 Å². The maximum Gasteiger partial charge on any atom is 0.150 e. The van der Waals surface area contributed by atoms with Crippen LogP contribution in [0.15, 0.2) is 28.9 Å². The highest BCUT2D eigenvalue weighted by atomic mass is 79.9. The van der Waals surface area contributed by atoms with Gasteiger partial charge in [-0.05, 0) is 34.1 Å². The Kier molecular flexibility index (Phi) is 2.68. The van der Waals surface area contributed by atoms with Crippen molar-refractivity contribution in [1.82, 2.24) is 4.98 Å². The monoisotopic (exact) mass is 265 g/mol. The minimum atomic E-state index is 0.615. The number of nitrogens with zero attached hydrogens (tertiary/aromatic N) is 1. The van der Waals surface area contributed by atoms with Gasteiger partial charge in [0.2, 0.25) is 0 Å². The standard InChI is InChI=1S/C11H8BrNO2/c1-15-9-4-8-2-7(6-14)3-10(12)11(8)13-5-9/h2-6H,1H3. The van der Waals surface area contributed by atoms with Gasteiger partial charge >= 0.3 is 0 Å². The molecule has 15 heavy (non-hydrogen) atoms. The average Bonchev–Trinajstić information content (AvgIpc) is 2.28. The number of carbonyl (C=O) groups is 1. The number of carbonyl (C=O) groups excluding carboxylic acids is 1. The molecule has 0 saturated carbocycles. The van der Waals surface area contributed by atoms with E-state index in [1.54, 1.807) is 25.4 Å². The maximum absolute atomic E-state index is 10.7. The van der Waals surface area contributed by atoms with Crippen molar-refractivity contribution in [3.63, 3.8) is 0 Å². The Morgan fingerprint density at radius 3 is 2.87 bits per heavy atom. The van der Waals surface area contributed by atoms with Crippen LogP contribution in [0.3, 0.4) is 0 Å². The zero-order valence-corrected chi connectivity index (χ0v) is 9.61. The molecule has 0 aliphatic carbocycles. The minimum Gasteiger partial charge on any atom is -0.495 e. The first-order chi connectivity index (χ1) is 7.24. The number of aromatic nitrogens is 1. The Labute approximate surface area is 95.2 Å². The number of aldehydes is 1. The number of hydrogen-bond donors (Lipinski definition) is 0. The van der Waals surface area contributed by atoms with Crippen molar-refractivity contribution in [2.45, 2.75) is 0 Å². The van der Waals surface area contributed by atoms with Crippen LogP contribution >= 0.6 is 15.9 Å². The molecule has 2 aromatic rings. The number of pyridine rings is 1. The molecule has 0 fully saturated rings. The van der Waals surface area contributed by atoms with E-state index in [9.17, 15) is 4.79 Å². The fourth-order valence-electron chi connectivity index (χ4n) is 1.39. The zero-order valence-electron chi connectivity index (χ0n) is 8.03. The Morgan fingerprint density at radius 1 is 1.40 bits per heavy atom. The van der Waals surface area contributed by atoms with E-state index < -0.39 is 0 Å². The highest BCUT2D eigenvalue weighted by Gasteiger charge is 2.04. The van der Waals surface area contributed by atoms with Crippen LogP contribution in [0.2, 0.25) is 0 Å². The fraction of sp³-hybridized carbons (Fsp3) is 0.0909. The summed E-state index contributed by atoms with van der Waals surface area (Å²) in [6.45, 7) is 0. The molecule has 0 atom stereocenters.